The second-order valence-electron chi connectivity index (χ2n) is 7.81. The lowest BCUT2D eigenvalue weighted by Crippen LogP contribution is -2.37. The number of amides is 1. The number of aryl methyl sites for hydroxylation is 1. The number of halogens is 3. The van der Waals surface area contributed by atoms with Crippen LogP contribution in [0.25, 0.3) is 0 Å². The minimum atomic E-state index is -4.89. The molecule has 0 unspecified atom stereocenters. The summed E-state index contributed by atoms with van der Waals surface area (Å²) in [6.45, 7) is 0.288. The Bertz CT molecular complexity index is 845. The van der Waals surface area contributed by atoms with E-state index in [1.807, 2.05) is 24.3 Å². The molecule has 0 radical (unpaired) electrons. The number of benzene rings is 1. The average molecular weight is 438 g/mol. The number of hydrogen-bond acceptors (Lipinski definition) is 5. The van der Waals surface area contributed by atoms with Crippen LogP contribution < -0.4 is 5.32 Å². The molecule has 1 aliphatic heterocycles. The first kappa shape index (κ1) is 22.8. The summed E-state index contributed by atoms with van der Waals surface area (Å²) in [5, 5.41) is 2.92. The molecule has 1 aromatic carbocycles. The fourth-order valence-corrected chi connectivity index (χ4v) is 3.95. The first-order chi connectivity index (χ1) is 14.7. The summed E-state index contributed by atoms with van der Waals surface area (Å²) in [6, 6.07) is 7.86. The number of piperidine rings is 1. The van der Waals surface area contributed by atoms with Gasteiger partial charge in [0.15, 0.2) is 6.61 Å². The number of esters is 1. The van der Waals surface area contributed by atoms with Crippen molar-refractivity contribution in [3.63, 3.8) is 0 Å². The molecule has 31 heavy (non-hydrogen) atoms. The lowest BCUT2D eigenvalue weighted by atomic mass is 9.88. The third kappa shape index (κ3) is 6.32. The smallest absolute Gasteiger partial charge is 0.454 e. The normalized spacial score (nSPS) is 19.7. The van der Waals surface area contributed by atoms with Crippen LogP contribution in [0.4, 0.5) is 13.2 Å². The van der Waals surface area contributed by atoms with Crippen molar-refractivity contribution in [2.75, 3.05) is 19.7 Å². The van der Waals surface area contributed by atoms with Crippen LogP contribution in [0.3, 0.4) is 0 Å². The number of allylic oxidation sites excluding steroid dienone is 1. The second-order valence-corrected chi connectivity index (χ2v) is 7.81. The molecule has 6 nitrogen and oxygen atoms in total. The monoisotopic (exact) mass is 438 g/mol. The molecule has 1 saturated heterocycles. The van der Waals surface area contributed by atoms with E-state index in [2.05, 4.69) is 5.32 Å². The summed E-state index contributed by atoms with van der Waals surface area (Å²) in [6.07, 6.45) is 0.249. The van der Waals surface area contributed by atoms with E-state index in [1.165, 1.54) is 5.56 Å². The highest BCUT2D eigenvalue weighted by atomic mass is 19.4. The summed E-state index contributed by atoms with van der Waals surface area (Å²) in [7, 11) is 0. The van der Waals surface area contributed by atoms with E-state index in [0.717, 1.165) is 31.0 Å². The van der Waals surface area contributed by atoms with Crippen LogP contribution in [0.2, 0.25) is 0 Å². The van der Waals surface area contributed by atoms with Crippen molar-refractivity contribution < 1.29 is 32.3 Å². The van der Waals surface area contributed by atoms with Crippen LogP contribution in [0.5, 0.6) is 0 Å². The second kappa shape index (κ2) is 9.98. The largest absolute Gasteiger partial charge is 0.455 e. The Morgan fingerprint density at radius 2 is 1.84 bits per heavy atom. The summed E-state index contributed by atoms with van der Waals surface area (Å²) in [5.41, 5.74) is 2.31. The van der Waals surface area contributed by atoms with Crippen LogP contribution in [0, 0.1) is 5.92 Å². The van der Waals surface area contributed by atoms with Gasteiger partial charge in [-0.2, -0.15) is 13.2 Å². The molecule has 1 aromatic rings. The zero-order valence-corrected chi connectivity index (χ0v) is 17.0. The number of rotatable bonds is 6. The third-order valence-electron chi connectivity index (χ3n) is 5.63. The molecule has 0 spiro atoms. The Morgan fingerprint density at radius 3 is 2.55 bits per heavy atom. The number of nitrogens with zero attached hydrogens (tertiary/aromatic N) is 1. The van der Waals surface area contributed by atoms with Gasteiger partial charge >= 0.3 is 12.1 Å². The van der Waals surface area contributed by atoms with E-state index in [9.17, 15) is 27.6 Å². The van der Waals surface area contributed by atoms with Crippen LogP contribution in [-0.4, -0.2) is 48.4 Å². The summed E-state index contributed by atoms with van der Waals surface area (Å²) in [4.78, 5) is 37.0. The zero-order valence-electron chi connectivity index (χ0n) is 17.0. The number of hydrogen-bond donors (Lipinski definition) is 1. The highest BCUT2D eigenvalue weighted by Gasteiger charge is 2.36. The Kier molecular flexibility index (Phi) is 7.35. The minimum Gasteiger partial charge on any atom is -0.455 e. The van der Waals surface area contributed by atoms with Crippen molar-refractivity contribution in [3.8, 4) is 0 Å². The maximum Gasteiger partial charge on any atom is 0.454 e. The molecule has 168 valence electrons. The van der Waals surface area contributed by atoms with E-state index in [4.69, 9.17) is 4.74 Å². The summed E-state index contributed by atoms with van der Waals surface area (Å²) < 4.78 is 41.8. The zero-order chi connectivity index (χ0) is 22.4. The lowest BCUT2D eigenvalue weighted by molar-refractivity contribution is -0.165. The van der Waals surface area contributed by atoms with Gasteiger partial charge in [0.05, 0.1) is 12.0 Å². The molecule has 0 bridgehead atoms. The molecule has 1 heterocycles. The Balaban J connectivity index is 1.40. The van der Waals surface area contributed by atoms with Gasteiger partial charge < -0.3 is 15.0 Å². The van der Waals surface area contributed by atoms with Gasteiger partial charge in [-0.05, 0) is 43.2 Å². The van der Waals surface area contributed by atoms with Gasteiger partial charge in [-0.25, -0.2) is 0 Å². The molecule has 2 aliphatic rings. The maximum atomic E-state index is 12.3. The van der Waals surface area contributed by atoms with E-state index < -0.39 is 23.8 Å². The van der Waals surface area contributed by atoms with Gasteiger partial charge in [0.2, 0.25) is 0 Å². The fourth-order valence-electron chi connectivity index (χ4n) is 3.95. The topological polar surface area (TPSA) is 75.7 Å². The van der Waals surface area contributed by atoms with Crippen LogP contribution in [0.15, 0.2) is 36.5 Å². The summed E-state index contributed by atoms with van der Waals surface area (Å²) in [5.74, 6) is -3.19. The first-order valence-electron chi connectivity index (χ1n) is 10.3. The molecule has 1 atom stereocenters. The number of fused-ring (bicyclic) bond motifs is 1. The van der Waals surface area contributed by atoms with Gasteiger partial charge in [-0.3, -0.25) is 14.4 Å². The van der Waals surface area contributed by atoms with Gasteiger partial charge in [0.25, 0.3) is 11.7 Å². The first-order valence-corrected chi connectivity index (χ1v) is 10.3. The number of carbonyl (C=O) groups is 3. The van der Waals surface area contributed by atoms with Crippen LogP contribution in [0.1, 0.15) is 42.9 Å². The van der Waals surface area contributed by atoms with Gasteiger partial charge in [0.1, 0.15) is 0 Å². The van der Waals surface area contributed by atoms with Gasteiger partial charge in [-0.1, -0.05) is 24.3 Å². The molecule has 0 aromatic heterocycles. The Morgan fingerprint density at radius 1 is 1.13 bits per heavy atom. The summed E-state index contributed by atoms with van der Waals surface area (Å²) >= 11 is 0. The molecule has 1 amide bonds. The van der Waals surface area contributed by atoms with Crippen molar-refractivity contribution in [1.29, 1.82) is 0 Å². The molecule has 1 aliphatic carbocycles. The Hall–Kier alpha value is -2.84. The SMILES string of the molecule is O=C(COC(=O)C1CCN(/C=C/C(=O)C(F)(F)F)CC1)N[C@@H]1CCCc2ccccc21. The van der Waals surface area contributed by atoms with E-state index in [-0.39, 0.29) is 18.6 Å². The molecular weight excluding hydrogens is 413 g/mol. The Labute approximate surface area is 178 Å². The lowest BCUT2D eigenvalue weighted by Gasteiger charge is -2.30. The molecule has 9 heteroatoms. The number of likely N-dealkylation sites (tertiary alicyclic amines) is 1. The molecule has 3 rings (SSSR count). The predicted molar refractivity (Wildman–Crippen MR) is 106 cm³/mol. The van der Waals surface area contributed by atoms with Crippen molar-refractivity contribution in [2.24, 2.45) is 5.92 Å². The highest BCUT2D eigenvalue weighted by Crippen LogP contribution is 2.29. The van der Waals surface area contributed by atoms with Crippen molar-refractivity contribution in [3.05, 3.63) is 47.7 Å². The number of ether oxygens (including phenoxy) is 1. The standard InChI is InChI=1S/C22H25F3N2O4/c23-22(24,25)19(28)10-13-27-11-8-16(9-12-27)21(30)31-14-20(29)26-18-7-3-5-15-4-1-2-6-17(15)18/h1-2,4,6,10,13,16,18H,3,5,7-9,11-12,14H2,(H,26,29)/b13-10+/t18-/m1/s1. The number of ketones is 1. The van der Waals surface area contributed by atoms with Crippen LogP contribution >= 0.6 is 0 Å². The molecule has 1 fully saturated rings. The van der Waals surface area contributed by atoms with Crippen LogP contribution in [-0.2, 0) is 25.5 Å². The molecular formula is C22H25F3N2O4. The quantitative estimate of drug-likeness (QED) is 0.546. The van der Waals surface area contributed by atoms with Crippen molar-refractivity contribution in [2.45, 2.75) is 44.3 Å². The maximum absolute atomic E-state index is 12.3. The van der Waals surface area contributed by atoms with E-state index >= 15 is 0 Å². The molecule has 0 saturated carbocycles. The third-order valence-corrected chi connectivity index (χ3v) is 5.63. The highest BCUT2D eigenvalue weighted by molar-refractivity contribution is 5.94. The molecule has 1 N–H and O–H groups in total. The predicted octanol–water partition coefficient (Wildman–Crippen LogP) is 3.08. The van der Waals surface area contributed by atoms with Gasteiger partial charge in [-0.15, -0.1) is 0 Å². The van der Waals surface area contributed by atoms with Crippen molar-refractivity contribution >= 4 is 17.7 Å². The number of carbonyl (C=O) groups excluding carboxylic acids is 3. The fraction of sp³-hybridized carbons (Fsp3) is 0.500. The van der Waals surface area contributed by atoms with E-state index in [0.29, 0.717) is 32.0 Å². The van der Waals surface area contributed by atoms with Gasteiger partial charge in [0, 0.05) is 25.4 Å². The average Bonchev–Trinajstić information content (AvgIpc) is 2.75. The van der Waals surface area contributed by atoms with Crippen molar-refractivity contribution in [1.82, 2.24) is 10.2 Å². The number of nitrogens with one attached hydrogen (secondary N) is 1. The van der Waals surface area contributed by atoms with E-state index in [1.54, 1.807) is 4.90 Å². The minimum absolute atomic E-state index is 0.0920. The number of alkyl halides is 3.